The van der Waals surface area contributed by atoms with Crippen LogP contribution in [0, 0.1) is 5.92 Å². The third kappa shape index (κ3) is 2.46. The summed E-state index contributed by atoms with van der Waals surface area (Å²) in [5, 5.41) is 2.69. The number of imide groups is 1. The average molecular weight is 237 g/mol. The molecular weight excluding hydrogens is 222 g/mol. The molecule has 2 aliphatic heterocycles. The number of hydrogen-bond acceptors (Lipinski definition) is 3. The Morgan fingerprint density at radius 1 is 1.35 bits per heavy atom. The Morgan fingerprint density at radius 3 is 2.47 bits per heavy atom. The van der Waals surface area contributed by atoms with Gasteiger partial charge in [-0.15, -0.1) is 0 Å². The van der Waals surface area contributed by atoms with Crippen LogP contribution in [0.3, 0.4) is 0 Å². The molecule has 2 aliphatic rings. The number of nitrogens with zero attached hydrogens (tertiary/aromatic N) is 2. The van der Waals surface area contributed by atoms with Crippen LogP contribution < -0.4 is 5.32 Å². The molecule has 0 aromatic rings. The highest BCUT2D eigenvalue weighted by atomic mass is 16.2. The molecule has 2 heterocycles. The summed E-state index contributed by atoms with van der Waals surface area (Å²) in [5.74, 6) is -0.0738. The maximum Gasteiger partial charge on any atom is 0.317 e. The van der Waals surface area contributed by atoms with Crippen molar-refractivity contribution in [3.8, 4) is 0 Å². The normalized spacial score (nSPS) is 19.8. The molecule has 2 rings (SSSR count). The monoisotopic (exact) mass is 237 g/mol. The van der Waals surface area contributed by atoms with Gasteiger partial charge >= 0.3 is 6.03 Å². The van der Waals surface area contributed by atoms with E-state index >= 15 is 0 Å². The zero-order chi connectivity index (χ0) is 12.4. The number of nitrogens with one attached hydrogen (secondary N) is 1. The van der Waals surface area contributed by atoms with Crippen molar-refractivity contribution in [1.82, 2.24) is 15.1 Å². The number of amides is 4. The molecule has 4 amide bonds. The molecule has 0 aliphatic carbocycles. The summed E-state index contributed by atoms with van der Waals surface area (Å²) in [6, 6.07) is -0.129. The predicted octanol–water partition coefficient (Wildman–Crippen LogP) is -0.427. The van der Waals surface area contributed by atoms with Crippen LogP contribution in [-0.2, 0) is 9.59 Å². The second-order valence-corrected chi connectivity index (χ2v) is 4.40. The van der Waals surface area contributed by atoms with Gasteiger partial charge in [0.1, 0.15) is 0 Å². The topological polar surface area (TPSA) is 69.7 Å². The van der Waals surface area contributed by atoms with Gasteiger partial charge in [0.05, 0.1) is 0 Å². The Bertz CT molecular complexity index is 367. The van der Waals surface area contributed by atoms with Crippen molar-refractivity contribution in [2.45, 2.75) is 6.92 Å². The molecule has 0 aromatic carbocycles. The lowest BCUT2D eigenvalue weighted by Crippen LogP contribution is -2.53. The quantitative estimate of drug-likeness (QED) is 0.677. The number of hydrogen-bond donors (Lipinski definition) is 1. The molecule has 17 heavy (non-hydrogen) atoms. The van der Waals surface area contributed by atoms with Crippen molar-refractivity contribution in [2.75, 3.05) is 26.2 Å². The fourth-order valence-corrected chi connectivity index (χ4v) is 1.90. The number of urea groups is 1. The summed E-state index contributed by atoms with van der Waals surface area (Å²) in [5.41, 5.74) is 0. The van der Waals surface area contributed by atoms with Crippen molar-refractivity contribution in [3.05, 3.63) is 12.2 Å². The lowest BCUT2D eigenvalue weighted by atomic mass is 10.0. The van der Waals surface area contributed by atoms with Gasteiger partial charge in [-0.25, -0.2) is 4.79 Å². The van der Waals surface area contributed by atoms with Gasteiger partial charge in [0.2, 0.25) is 0 Å². The Balaban J connectivity index is 1.68. The summed E-state index contributed by atoms with van der Waals surface area (Å²) in [6.45, 7) is 4.14. The minimum Gasteiger partial charge on any atom is -0.336 e. The first-order valence-electron chi connectivity index (χ1n) is 5.64. The minimum absolute atomic E-state index is 0.129. The van der Waals surface area contributed by atoms with Crippen LogP contribution in [0.4, 0.5) is 4.79 Å². The second kappa shape index (κ2) is 4.57. The zero-order valence-corrected chi connectivity index (χ0v) is 9.68. The first-order chi connectivity index (χ1) is 8.08. The molecule has 0 unspecified atom stereocenters. The molecule has 6 nitrogen and oxygen atoms in total. The van der Waals surface area contributed by atoms with Gasteiger partial charge in [0.25, 0.3) is 11.8 Å². The Morgan fingerprint density at radius 2 is 1.94 bits per heavy atom. The molecule has 1 saturated heterocycles. The van der Waals surface area contributed by atoms with E-state index in [0.29, 0.717) is 12.5 Å². The van der Waals surface area contributed by atoms with E-state index in [0.717, 1.165) is 18.0 Å². The van der Waals surface area contributed by atoms with Crippen LogP contribution in [0.1, 0.15) is 6.92 Å². The van der Waals surface area contributed by atoms with Gasteiger partial charge in [-0.2, -0.15) is 0 Å². The Hall–Kier alpha value is -1.85. The summed E-state index contributed by atoms with van der Waals surface area (Å²) >= 11 is 0. The largest absolute Gasteiger partial charge is 0.336 e. The maximum atomic E-state index is 11.5. The van der Waals surface area contributed by atoms with E-state index in [4.69, 9.17) is 0 Å². The van der Waals surface area contributed by atoms with E-state index in [9.17, 15) is 14.4 Å². The summed E-state index contributed by atoms with van der Waals surface area (Å²) in [7, 11) is 0. The molecule has 6 heteroatoms. The van der Waals surface area contributed by atoms with Crippen LogP contribution in [-0.4, -0.2) is 53.8 Å². The van der Waals surface area contributed by atoms with E-state index < -0.39 is 0 Å². The van der Waals surface area contributed by atoms with E-state index in [2.05, 4.69) is 12.2 Å². The van der Waals surface area contributed by atoms with Crippen molar-refractivity contribution in [2.24, 2.45) is 5.92 Å². The van der Waals surface area contributed by atoms with E-state index in [1.165, 1.54) is 12.2 Å². The van der Waals surface area contributed by atoms with Crippen molar-refractivity contribution >= 4 is 17.8 Å². The lowest BCUT2D eigenvalue weighted by Gasteiger charge is -2.37. The molecule has 1 N–H and O–H groups in total. The standard InChI is InChI=1S/C11H15N3O3/c1-8-6-13(7-8)11(17)12-4-5-14-9(15)2-3-10(14)16/h2-3,8H,4-7H2,1H3,(H,12,17). The first kappa shape index (κ1) is 11.6. The van der Waals surface area contributed by atoms with Gasteiger partial charge in [-0.1, -0.05) is 6.92 Å². The Labute approximate surface area is 99.2 Å². The van der Waals surface area contributed by atoms with E-state index in [1.807, 2.05) is 0 Å². The van der Waals surface area contributed by atoms with Crippen LogP contribution in [0.2, 0.25) is 0 Å². The van der Waals surface area contributed by atoms with Gasteiger partial charge in [-0.3, -0.25) is 14.5 Å². The number of rotatable bonds is 3. The highest BCUT2D eigenvalue weighted by Gasteiger charge is 2.27. The van der Waals surface area contributed by atoms with Crippen LogP contribution in [0.25, 0.3) is 0 Å². The van der Waals surface area contributed by atoms with Crippen LogP contribution in [0.15, 0.2) is 12.2 Å². The maximum absolute atomic E-state index is 11.5. The van der Waals surface area contributed by atoms with Gasteiger partial charge in [0.15, 0.2) is 0 Å². The predicted molar refractivity (Wildman–Crippen MR) is 60.0 cm³/mol. The van der Waals surface area contributed by atoms with E-state index in [-0.39, 0.29) is 24.4 Å². The number of carbonyl (C=O) groups is 3. The SMILES string of the molecule is CC1CN(C(=O)NCCN2C(=O)C=CC2=O)C1. The lowest BCUT2D eigenvalue weighted by molar-refractivity contribution is -0.136. The highest BCUT2D eigenvalue weighted by molar-refractivity contribution is 6.12. The highest BCUT2D eigenvalue weighted by Crippen LogP contribution is 2.13. The van der Waals surface area contributed by atoms with Gasteiger partial charge in [-0.05, 0) is 5.92 Å². The van der Waals surface area contributed by atoms with Crippen molar-refractivity contribution in [1.29, 1.82) is 0 Å². The second-order valence-electron chi connectivity index (χ2n) is 4.40. The first-order valence-corrected chi connectivity index (χ1v) is 5.64. The van der Waals surface area contributed by atoms with Gasteiger partial charge in [0, 0.05) is 38.3 Å². The third-order valence-electron chi connectivity index (χ3n) is 2.86. The molecule has 1 fully saturated rings. The summed E-state index contributed by atoms with van der Waals surface area (Å²) in [4.78, 5) is 36.7. The Kier molecular flexibility index (Phi) is 3.12. The summed E-state index contributed by atoms with van der Waals surface area (Å²) < 4.78 is 0. The molecule has 0 aromatic heterocycles. The molecule has 0 spiro atoms. The molecule has 0 saturated carbocycles. The molecule has 0 radical (unpaired) electrons. The fourth-order valence-electron chi connectivity index (χ4n) is 1.90. The number of carbonyl (C=O) groups excluding carboxylic acids is 3. The van der Waals surface area contributed by atoms with Crippen LogP contribution in [0.5, 0.6) is 0 Å². The third-order valence-corrected chi connectivity index (χ3v) is 2.86. The van der Waals surface area contributed by atoms with E-state index in [1.54, 1.807) is 4.90 Å². The molecule has 92 valence electrons. The van der Waals surface area contributed by atoms with Crippen molar-refractivity contribution < 1.29 is 14.4 Å². The molecule has 0 atom stereocenters. The van der Waals surface area contributed by atoms with Crippen molar-refractivity contribution in [3.63, 3.8) is 0 Å². The number of likely N-dealkylation sites (tertiary alicyclic amines) is 1. The molecule has 0 bridgehead atoms. The zero-order valence-electron chi connectivity index (χ0n) is 9.68. The summed E-state index contributed by atoms with van der Waals surface area (Å²) in [6.07, 6.45) is 2.47. The molecular formula is C11H15N3O3. The smallest absolute Gasteiger partial charge is 0.317 e. The van der Waals surface area contributed by atoms with Crippen LogP contribution >= 0.6 is 0 Å². The average Bonchev–Trinajstić information content (AvgIpc) is 2.56. The fraction of sp³-hybridized carbons (Fsp3) is 0.545. The minimum atomic E-state index is -0.318. The van der Waals surface area contributed by atoms with Gasteiger partial charge < -0.3 is 10.2 Å².